The molecule has 1 aliphatic heterocycles. The van der Waals surface area contributed by atoms with Gasteiger partial charge in [0.1, 0.15) is 18.1 Å². The lowest BCUT2D eigenvalue weighted by Crippen LogP contribution is -2.21. The number of halogens is 1. The molecule has 0 N–H and O–H groups in total. The van der Waals surface area contributed by atoms with Crippen LogP contribution in [-0.4, -0.2) is 11.6 Å². The first-order chi connectivity index (χ1) is 18.7. The zero-order valence-electron chi connectivity index (χ0n) is 20.4. The second kappa shape index (κ2) is 10.4. The van der Waals surface area contributed by atoms with Crippen LogP contribution in [0.25, 0.3) is 16.8 Å². The molecule has 0 aromatic heterocycles. The van der Waals surface area contributed by atoms with Crippen molar-refractivity contribution in [2.24, 2.45) is 5.10 Å². The highest BCUT2D eigenvalue weighted by Gasteiger charge is 2.32. The Kier molecular flexibility index (Phi) is 6.47. The van der Waals surface area contributed by atoms with Gasteiger partial charge in [-0.3, -0.25) is 4.79 Å². The van der Waals surface area contributed by atoms with Gasteiger partial charge in [0.2, 0.25) is 0 Å². The van der Waals surface area contributed by atoms with E-state index in [1.165, 1.54) is 5.01 Å². The van der Waals surface area contributed by atoms with Crippen molar-refractivity contribution in [1.82, 2.24) is 0 Å². The van der Waals surface area contributed by atoms with Crippen molar-refractivity contribution in [3.8, 4) is 5.75 Å². The van der Waals surface area contributed by atoms with E-state index < -0.39 is 0 Å². The van der Waals surface area contributed by atoms with Crippen molar-refractivity contribution < 1.29 is 9.53 Å². The van der Waals surface area contributed by atoms with Crippen LogP contribution in [0, 0.1) is 0 Å². The Labute approximate surface area is 226 Å². The molecule has 0 bridgehead atoms. The van der Waals surface area contributed by atoms with Gasteiger partial charge in [-0.25, -0.2) is 0 Å². The van der Waals surface area contributed by atoms with Crippen LogP contribution in [0.15, 0.2) is 132 Å². The summed E-state index contributed by atoms with van der Waals surface area (Å²) < 4.78 is 6.32. The molecule has 0 aliphatic carbocycles. The van der Waals surface area contributed by atoms with Crippen LogP contribution in [0.5, 0.6) is 5.75 Å². The first kappa shape index (κ1) is 23.7. The normalized spacial score (nSPS) is 14.2. The summed E-state index contributed by atoms with van der Waals surface area (Å²) in [7, 11) is 0. The van der Waals surface area contributed by atoms with E-state index in [2.05, 4.69) is 0 Å². The number of fused-ring (bicyclic) bond motifs is 1. The molecular formula is C33H23ClN2O2. The third-order valence-corrected chi connectivity index (χ3v) is 6.85. The number of hydrogen-bond donors (Lipinski definition) is 0. The number of carbonyl (C=O) groups excluding carboxylic acids is 1. The molecule has 0 spiro atoms. The molecular weight excluding hydrogens is 492 g/mol. The molecule has 0 radical (unpaired) electrons. The van der Waals surface area contributed by atoms with Crippen LogP contribution < -0.4 is 9.75 Å². The van der Waals surface area contributed by atoms with E-state index in [9.17, 15) is 4.79 Å². The standard InChI is InChI=1S/C33H23ClN2O2/c34-30-18-10-8-14-25(30)22-38-31-20-19-23-11-7-9-17-27(23)28(31)21-29-32(24-12-3-1-4-13-24)35-36(33(29)37)26-15-5-2-6-16-26/h1-21H,22H2/b29-21-. The fourth-order valence-electron chi connectivity index (χ4n) is 4.56. The number of ether oxygens (including phenoxy) is 1. The Hall–Kier alpha value is -4.67. The lowest BCUT2D eigenvalue weighted by Gasteiger charge is -2.14. The maximum absolute atomic E-state index is 13.9. The maximum Gasteiger partial charge on any atom is 0.281 e. The second-order valence-electron chi connectivity index (χ2n) is 8.90. The van der Waals surface area contributed by atoms with E-state index in [-0.39, 0.29) is 5.91 Å². The van der Waals surface area contributed by atoms with Crippen LogP contribution in [0.2, 0.25) is 5.02 Å². The Morgan fingerprint density at radius 1 is 0.763 bits per heavy atom. The van der Waals surface area contributed by atoms with Crippen LogP contribution in [0.1, 0.15) is 16.7 Å². The molecule has 0 unspecified atom stereocenters. The van der Waals surface area contributed by atoms with Crippen LogP contribution in [0.4, 0.5) is 5.69 Å². The number of para-hydroxylation sites is 1. The highest BCUT2D eigenvalue weighted by molar-refractivity contribution is 6.37. The molecule has 38 heavy (non-hydrogen) atoms. The minimum Gasteiger partial charge on any atom is -0.488 e. The molecule has 5 aromatic carbocycles. The zero-order valence-corrected chi connectivity index (χ0v) is 21.2. The van der Waals surface area contributed by atoms with Gasteiger partial charge < -0.3 is 4.74 Å². The lowest BCUT2D eigenvalue weighted by molar-refractivity contribution is -0.114. The number of hydrazone groups is 1. The third kappa shape index (κ3) is 4.58. The van der Waals surface area contributed by atoms with Gasteiger partial charge in [0.15, 0.2) is 0 Å². The predicted molar refractivity (Wildman–Crippen MR) is 155 cm³/mol. The molecule has 1 amide bonds. The van der Waals surface area contributed by atoms with Gasteiger partial charge in [0.05, 0.1) is 11.3 Å². The Balaban J connectivity index is 1.49. The average Bonchev–Trinajstić information content (AvgIpc) is 3.30. The summed E-state index contributed by atoms with van der Waals surface area (Å²) in [5, 5.41) is 8.92. The van der Waals surface area contributed by atoms with Crippen LogP contribution in [0.3, 0.4) is 0 Å². The molecule has 4 nitrogen and oxygen atoms in total. The highest BCUT2D eigenvalue weighted by Crippen LogP contribution is 2.34. The number of amides is 1. The summed E-state index contributed by atoms with van der Waals surface area (Å²) in [6, 6.07) is 38.9. The smallest absolute Gasteiger partial charge is 0.281 e. The van der Waals surface area contributed by atoms with Gasteiger partial charge in [-0.15, -0.1) is 0 Å². The van der Waals surface area contributed by atoms with Crippen molar-refractivity contribution >= 4 is 45.8 Å². The predicted octanol–water partition coefficient (Wildman–Crippen LogP) is 7.91. The van der Waals surface area contributed by atoms with Crippen molar-refractivity contribution in [3.63, 3.8) is 0 Å². The number of rotatable bonds is 6. The Morgan fingerprint density at radius 2 is 1.45 bits per heavy atom. The molecule has 1 aliphatic rings. The minimum atomic E-state index is -0.194. The molecule has 184 valence electrons. The molecule has 0 saturated carbocycles. The number of carbonyl (C=O) groups is 1. The summed E-state index contributed by atoms with van der Waals surface area (Å²) in [5.74, 6) is 0.467. The number of anilines is 1. The maximum atomic E-state index is 13.9. The summed E-state index contributed by atoms with van der Waals surface area (Å²) >= 11 is 6.39. The fraction of sp³-hybridized carbons (Fsp3) is 0.0303. The van der Waals surface area contributed by atoms with Crippen LogP contribution in [-0.2, 0) is 11.4 Å². The second-order valence-corrected chi connectivity index (χ2v) is 9.31. The third-order valence-electron chi connectivity index (χ3n) is 6.49. The van der Waals surface area contributed by atoms with Gasteiger partial charge in [-0.2, -0.15) is 10.1 Å². The number of hydrogen-bond acceptors (Lipinski definition) is 3. The van der Waals surface area contributed by atoms with E-state index >= 15 is 0 Å². The SMILES string of the molecule is O=C1/C(=C\c2c(OCc3ccccc3Cl)ccc3ccccc23)C(c2ccccc2)=NN1c1ccccc1. The van der Waals surface area contributed by atoms with Gasteiger partial charge in [-0.05, 0) is 41.1 Å². The summed E-state index contributed by atoms with van der Waals surface area (Å²) in [6.45, 7) is 0.303. The molecule has 1 heterocycles. The Bertz CT molecular complexity index is 1690. The van der Waals surface area contributed by atoms with Gasteiger partial charge >= 0.3 is 0 Å². The lowest BCUT2D eigenvalue weighted by atomic mass is 9.97. The Morgan fingerprint density at radius 3 is 2.24 bits per heavy atom. The number of benzene rings is 5. The molecule has 0 atom stereocenters. The molecule has 6 rings (SSSR count). The minimum absolute atomic E-state index is 0.194. The highest BCUT2D eigenvalue weighted by atomic mass is 35.5. The fourth-order valence-corrected chi connectivity index (χ4v) is 4.75. The first-order valence-electron chi connectivity index (χ1n) is 12.3. The van der Waals surface area contributed by atoms with Crippen molar-refractivity contribution in [3.05, 3.63) is 149 Å². The largest absolute Gasteiger partial charge is 0.488 e. The monoisotopic (exact) mass is 514 g/mol. The molecule has 5 aromatic rings. The van der Waals surface area contributed by atoms with E-state index in [4.69, 9.17) is 21.4 Å². The van der Waals surface area contributed by atoms with Crippen LogP contribution >= 0.6 is 11.6 Å². The number of nitrogens with zero attached hydrogens (tertiary/aromatic N) is 2. The molecule has 5 heteroatoms. The van der Waals surface area contributed by atoms with Gasteiger partial charge in [-0.1, -0.05) is 109 Å². The van der Waals surface area contributed by atoms with Gasteiger partial charge in [0.25, 0.3) is 5.91 Å². The van der Waals surface area contributed by atoms with Crippen molar-refractivity contribution in [2.45, 2.75) is 6.61 Å². The molecule has 0 fully saturated rings. The quantitative estimate of drug-likeness (QED) is 0.216. The molecule has 0 saturated heterocycles. The zero-order chi connectivity index (χ0) is 25.9. The summed E-state index contributed by atoms with van der Waals surface area (Å²) in [4.78, 5) is 13.9. The first-order valence-corrected chi connectivity index (χ1v) is 12.7. The topological polar surface area (TPSA) is 41.9 Å². The van der Waals surface area contributed by atoms with Gasteiger partial charge in [0, 0.05) is 21.7 Å². The van der Waals surface area contributed by atoms with E-state index in [0.717, 1.165) is 27.5 Å². The van der Waals surface area contributed by atoms with Crippen molar-refractivity contribution in [2.75, 3.05) is 5.01 Å². The summed E-state index contributed by atoms with van der Waals surface area (Å²) in [5.41, 5.74) is 4.40. The van der Waals surface area contributed by atoms with E-state index in [1.54, 1.807) is 0 Å². The summed E-state index contributed by atoms with van der Waals surface area (Å²) in [6.07, 6.45) is 1.90. The van der Waals surface area contributed by atoms with E-state index in [1.807, 2.05) is 127 Å². The average molecular weight is 515 g/mol. The van der Waals surface area contributed by atoms with E-state index in [0.29, 0.717) is 34.4 Å². The van der Waals surface area contributed by atoms with Crippen molar-refractivity contribution in [1.29, 1.82) is 0 Å².